The van der Waals surface area contributed by atoms with Gasteiger partial charge in [-0.1, -0.05) is 24.3 Å². The molecule has 3 rings (SSSR count). The fourth-order valence-corrected chi connectivity index (χ4v) is 4.51. The van der Waals surface area contributed by atoms with Crippen LogP contribution in [-0.2, 0) is 21.3 Å². The highest BCUT2D eigenvalue weighted by atomic mass is 79.9. The van der Waals surface area contributed by atoms with Gasteiger partial charge >= 0.3 is 0 Å². The number of carbonyl (C=O) groups excluding carboxylic acids is 1. The third-order valence-corrected chi connectivity index (χ3v) is 6.71. The average molecular weight is 439 g/mol. The molecule has 1 aliphatic rings. The summed E-state index contributed by atoms with van der Waals surface area (Å²) in [6.45, 7) is 1.88. The van der Waals surface area contributed by atoms with E-state index in [2.05, 4.69) is 21.2 Å². The number of benzene rings is 2. The SMILES string of the molecule is O=C(NCc1ccc(S(=O)(=O)N2CCOCC2)cc1)c1ccccc1Br. The van der Waals surface area contributed by atoms with E-state index >= 15 is 0 Å². The molecule has 0 radical (unpaired) electrons. The zero-order chi connectivity index (χ0) is 18.6. The second kappa shape index (κ2) is 8.30. The lowest BCUT2D eigenvalue weighted by molar-refractivity contribution is 0.0730. The summed E-state index contributed by atoms with van der Waals surface area (Å²) in [6, 6.07) is 13.8. The van der Waals surface area contributed by atoms with E-state index in [1.807, 2.05) is 6.07 Å². The van der Waals surface area contributed by atoms with Crippen LogP contribution in [0.15, 0.2) is 57.9 Å². The van der Waals surface area contributed by atoms with Gasteiger partial charge in [-0.25, -0.2) is 8.42 Å². The molecule has 0 bridgehead atoms. The number of nitrogens with one attached hydrogen (secondary N) is 1. The van der Waals surface area contributed by atoms with Crippen LogP contribution in [0.25, 0.3) is 0 Å². The number of nitrogens with zero attached hydrogens (tertiary/aromatic N) is 1. The number of hydrogen-bond acceptors (Lipinski definition) is 4. The highest BCUT2D eigenvalue weighted by Crippen LogP contribution is 2.18. The first-order valence-corrected chi connectivity index (χ1v) is 10.4. The van der Waals surface area contributed by atoms with Gasteiger partial charge < -0.3 is 10.1 Å². The second-order valence-electron chi connectivity index (χ2n) is 5.82. The number of carbonyl (C=O) groups is 1. The monoisotopic (exact) mass is 438 g/mol. The van der Waals surface area contributed by atoms with Crippen molar-refractivity contribution in [2.24, 2.45) is 0 Å². The topological polar surface area (TPSA) is 75.7 Å². The molecule has 1 saturated heterocycles. The highest BCUT2D eigenvalue weighted by molar-refractivity contribution is 9.10. The maximum atomic E-state index is 12.6. The summed E-state index contributed by atoms with van der Waals surface area (Å²) in [7, 11) is -3.50. The van der Waals surface area contributed by atoms with E-state index in [1.54, 1.807) is 42.5 Å². The lowest BCUT2D eigenvalue weighted by Crippen LogP contribution is -2.40. The molecule has 1 fully saturated rings. The van der Waals surface area contributed by atoms with Crippen LogP contribution in [0.3, 0.4) is 0 Å². The van der Waals surface area contributed by atoms with Crippen molar-refractivity contribution in [2.75, 3.05) is 26.3 Å². The van der Waals surface area contributed by atoms with E-state index < -0.39 is 10.0 Å². The molecule has 0 spiro atoms. The molecule has 2 aromatic rings. The van der Waals surface area contributed by atoms with Crippen molar-refractivity contribution in [3.05, 3.63) is 64.1 Å². The first-order chi connectivity index (χ1) is 12.5. The molecule has 0 aliphatic carbocycles. The third kappa shape index (κ3) is 4.32. The number of morpholine rings is 1. The van der Waals surface area contributed by atoms with Crippen LogP contribution in [0.1, 0.15) is 15.9 Å². The van der Waals surface area contributed by atoms with Crippen molar-refractivity contribution in [3.63, 3.8) is 0 Å². The molecule has 0 atom stereocenters. The summed E-state index contributed by atoms with van der Waals surface area (Å²) in [5.74, 6) is -0.192. The summed E-state index contributed by atoms with van der Waals surface area (Å²) < 4.78 is 32.5. The first-order valence-electron chi connectivity index (χ1n) is 8.18. The van der Waals surface area contributed by atoms with Crippen LogP contribution < -0.4 is 5.32 Å². The average Bonchev–Trinajstić information content (AvgIpc) is 2.67. The summed E-state index contributed by atoms with van der Waals surface area (Å²) in [4.78, 5) is 12.5. The minimum absolute atomic E-state index is 0.192. The Balaban J connectivity index is 1.64. The lowest BCUT2D eigenvalue weighted by atomic mass is 10.2. The standard InChI is InChI=1S/C18H19BrN2O4S/c19-17-4-2-1-3-16(17)18(22)20-13-14-5-7-15(8-6-14)26(23,24)21-9-11-25-12-10-21/h1-8H,9-13H2,(H,20,22). The van der Waals surface area contributed by atoms with Gasteiger partial charge in [0.15, 0.2) is 0 Å². The van der Waals surface area contributed by atoms with Gasteiger partial charge in [0.25, 0.3) is 5.91 Å². The summed E-state index contributed by atoms with van der Waals surface area (Å²) >= 11 is 3.35. The molecule has 138 valence electrons. The molecule has 1 aliphatic heterocycles. The summed E-state index contributed by atoms with van der Waals surface area (Å²) in [5, 5.41) is 2.83. The van der Waals surface area contributed by atoms with Gasteiger partial charge in [0.1, 0.15) is 0 Å². The van der Waals surface area contributed by atoms with E-state index in [0.717, 1.165) is 10.0 Å². The van der Waals surface area contributed by atoms with E-state index in [-0.39, 0.29) is 10.8 Å². The molecule has 0 aromatic heterocycles. The van der Waals surface area contributed by atoms with Crippen molar-refractivity contribution < 1.29 is 17.9 Å². The van der Waals surface area contributed by atoms with Crippen LogP contribution in [0, 0.1) is 0 Å². The number of hydrogen-bond donors (Lipinski definition) is 1. The quantitative estimate of drug-likeness (QED) is 0.777. The Bertz CT molecular complexity index is 878. The molecule has 2 aromatic carbocycles. The summed E-state index contributed by atoms with van der Waals surface area (Å²) in [5.41, 5.74) is 1.38. The number of sulfonamides is 1. The zero-order valence-electron chi connectivity index (χ0n) is 14.0. The predicted octanol–water partition coefficient (Wildman–Crippen LogP) is 2.40. The number of amides is 1. The fourth-order valence-electron chi connectivity index (χ4n) is 2.64. The van der Waals surface area contributed by atoms with E-state index in [0.29, 0.717) is 38.4 Å². The van der Waals surface area contributed by atoms with Crippen LogP contribution in [-0.4, -0.2) is 44.9 Å². The van der Waals surface area contributed by atoms with Crippen LogP contribution in [0.4, 0.5) is 0 Å². The second-order valence-corrected chi connectivity index (χ2v) is 8.62. The Morgan fingerprint density at radius 2 is 1.73 bits per heavy atom. The van der Waals surface area contributed by atoms with Gasteiger partial charge in [0, 0.05) is 24.1 Å². The van der Waals surface area contributed by atoms with Crippen LogP contribution in [0.2, 0.25) is 0 Å². The van der Waals surface area contributed by atoms with Gasteiger partial charge in [-0.05, 0) is 45.8 Å². The van der Waals surface area contributed by atoms with Gasteiger partial charge in [-0.3, -0.25) is 4.79 Å². The van der Waals surface area contributed by atoms with E-state index in [1.165, 1.54) is 4.31 Å². The van der Waals surface area contributed by atoms with Crippen molar-refractivity contribution in [1.29, 1.82) is 0 Å². The molecule has 1 N–H and O–H groups in total. The molecule has 26 heavy (non-hydrogen) atoms. The Labute approximate surface area is 161 Å². The zero-order valence-corrected chi connectivity index (χ0v) is 16.4. The molecular formula is C18H19BrN2O4S. The van der Waals surface area contributed by atoms with Crippen molar-refractivity contribution >= 4 is 31.9 Å². The van der Waals surface area contributed by atoms with Gasteiger partial charge in [0.05, 0.1) is 23.7 Å². The Hall–Kier alpha value is -1.74. The van der Waals surface area contributed by atoms with Crippen LogP contribution >= 0.6 is 15.9 Å². The lowest BCUT2D eigenvalue weighted by Gasteiger charge is -2.26. The molecule has 0 saturated carbocycles. The molecule has 1 heterocycles. The van der Waals surface area contributed by atoms with Gasteiger partial charge in [-0.2, -0.15) is 4.31 Å². The maximum absolute atomic E-state index is 12.6. The largest absolute Gasteiger partial charge is 0.379 e. The predicted molar refractivity (Wildman–Crippen MR) is 101 cm³/mol. The maximum Gasteiger partial charge on any atom is 0.252 e. The van der Waals surface area contributed by atoms with Gasteiger partial charge in [0.2, 0.25) is 10.0 Å². The van der Waals surface area contributed by atoms with Crippen LogP contribution in [0.5, 0.6) is 0 Å². The van der Waals surface area contributed by atoms with Crippen molar-refractivity contribution in [3.8, 4) is 0 Å². The number of ether oxygens (including phenoxy) is 1. The molecule has 8 heteroatoms. The molecule has 0 unspecified atom stereocenters. The fraction of sp³-hybridized carbons (Fsp3) is 0.278. The van der Waals surface area contributed by atoms with E-state index in [4.69, 9.17) is 4.74 Å². The Kier molecular flexibility index (Phi) is 6.08. The molecular weight excluding hydrogens is 420 g/mol. The van der Waals surface area contributed by atoms with E-state index in [9.17, 15) is 13.2 Å². The normalized spacial score (nSPS) is 15.6. The first kappa shape index (κ1) is 19.0. The minimum Gasteiger partial charge on any atom is -0.379 e. The van der Waals surface area contributed by atoms with Crippen molar-refractivity contribution in [2.45, 2.75) is 11.4 Å². The molecule has 1 amide bonds. The van der Waals surface area contributed by atoms with Crippen molar-refractivity contribution in [1.82, 2.24) is 9.62 Å². The summed E-state index contributed by atoms with van der Waals surface area (Å²) in [6.07, 6.45) is 0. The smallest absolute Gasteiger partial charge is 0.252 e. The third-order valence-electron chi connectivity index (χ3n) is 4.10. The number of rotatable bonds is 5. The number of halogens is 1. The minimum atomic E-state index is -3.50. The Morgan fingerprint density at radius 1 is 1.08 bits per heavy atom. The highest BCUT2D eigenvalue weighted by Gasteiger charge is 2.26. The van der Waals surface area contributed by atoms with Gasteiger partial charge in [-0.15, -0.1) is 0 Å². The Morgan fingerprint density at radius 3 is 2.38 bits per heavy atom. The molecule has 6 nitrogen and oxygen atoms in total.